The fourth-order valence-corrected chi connectivity index (χ4v) is 3.35. The average molecular weight is 215 g/mol. The molecule has 1 aromatic carbocycles. The molecule has 2 N–H and O–H groups in total. The highest BCUT2D eigenvalue weighted by molar-refractivity contribution is 5.38. The van der Waals surface area contributed by atoms with Gasteiger partial charge in [-0.05, 0) is 48.8 Å². The standard InChI is InChI=1S/C15H21N/c16-15(9-2-1-3-10-15)14-8-7-12-5-4-6-13(12)11-14/h7-8,11H,1-6,9-10,16H2. The quantitative estimate of drug-likeness (QED) is 0.764. The molecule has 0 bridgehead atoms. The van der Waals surface area contributed by atoms with Crippen LogP contribution >= 0.6 is 0 Å². The minimum atomic E-state index is -0.0180. The van der Waals surface area contributed by atoms with Gasteiger partial charge in [-0.2, -0.15) is 0 Å². The Hall–Kier alpha value is -0.820. The van der Waals surface area contributed by atoms with Crippen LogP contribution in [-0.2, 0) is 18.4 Å². The third-order valence-electron chi connectivity index (χ3n) is 4.42. The van der Waals surface area contributed by atoms with Crippen LogP contribution in [0.3, 0.4) is 0 Å². The Morgan fingerprint density at radius 2 is 1.62 bits per heavy atom. The van der Waals surface area contributed by atoms with E-state index in [-0.39, 0.29) is 5.54 Å². The van der Waals surface area contributed by atoms with Gasteiger partial charge in [-0.15, -0.1) is 0 Å². The normalized spacial score (nSPS) is 23.1. The van der Waals surface area contributed by atoms with E-state index in [0.29, 0.717) is 0 Å². The first kappa shape index (κ1) is 10.3. The van der Waals surface area contributed by atoms with Crippen molar-refractivity contribution >= 4 is 0 Å². The summed E-state index contributed by atoms with van der Waals surface area (Å²) in [5, 5.41) is 0. The van der Waals surface area contributed by atoms with E-state index in [0.717, 1.165) is 0 Å². The van der Waals surface area contributed by atoms with E-state index in [2.05, 4.69) is 18.2 Å². The van der Waals surface area contributed by atoms with Crippen molar-refractivity contribution in [1.82, 2.24) is 0 Å². The molecule has 1 nitrogen and oxygen atoms in total. The van der Waals surface area contributed by atoms with E-state index in [9.17, 15) is 0 Å². The first-order chi connectivity index (χ1) is 7.78. The van der Waals surface area contributed by atoms with Gasteiger partial charge in [0.2, 0.25) is 0 Å². The molecule has 0 aromatic heterocycles. The molecule has 0 spiro atoms. The summed E-state index contributed by atoms with van der Waals surface area (Å²) in [6.45, 7) is 0. The molecule has 0 unspecified atom stereocenters. The fourth-order valence-electron chi connectivity index (χ4n) is 3.35. The molecular formula is C15H21N. The summed E-state index contributed by atoms with van der Waals surface area (Å²) in [6.07, 6.45) is 10.2. The lowest BCUT2D eigenvalue weighted by atomic mass is 9.77. The maximum atomic E-state index is 6.57. The van der Waals surface area contributed by atoms with Crippen molar-refractivity contribution in [1.29, 1.82) is 0 Å². The molecule has 1 heteroatoms. The molecule has 16 heavy (non-hydrogen) atoms. The molecule has 2 aliphatic rings. The van der Waals surface area contributed by atoms with E-state index in [1.165, 1.54) is 56.9 Å². The molecule has 0 heterocycles. The van der Waals surface area contributed by atoms with Crippen LogP contribution in [0.25, 0.3) is 0 Å². The maximum Gasteiger partial charge on any atom is 0.0409 e. The van der Waals surface area contributed by atoms with Gasteiger partial charge in [-0.1, -0.05) is 37.5 Å². The van der Waals surface area contributed by atoms with Gasteiger partial charge in [0.1, 0.15) is 0 Å². The van der Waals surface area contributed by atoms with Crippen molar-refractivity contribution < 1.29 is 0 Å². The minimum Gasteiger partial charge on any atom is -0.321 e. The number of hydrogen-bond donors (Lipinski definition) is 1. The van der Waals surface area contributed by atoms with Crippen molar-refractivity contribution in [3.63, 3.8) is 0 Å². The highest BCUT2D eigenvalue weighted by atomic mass is 14.7. The smallest absolute Gasteiger partial charge is 0.0409 e. The van der Waals surface area contributed by atoms with Crippen LogP contribution in [0.2, 0.25) is 0 Å². The molecule has 1 fully saturated rings. The van der Waals surface area contributed by atoms with Crippen molar-refractivity contribution in [2.24, 2.45) is 5.73 Å². The molecule has 3 rings (SSSR count). The van der Waals surface area contributed by atoms with Gasteiger partial charge >= 0.3 is 0 Å². The Labute approximate surface area is 98.0 Å². The molecule has 0 aliphatic heterocycles. The second-order valence-corrected chi connectivity index (χ2v) is 5.55. The topological polar surface area (TPSA) is 26.0 Å². The predicted octanol–water partition coefficient (Wildman–Crippen LogP) is 3.29. The molecule has 86 valence electrons. The van der Waals surface area contributed by atoms with Gasteiger partial charge in [0.15, 0.2) is 0 Å². The Kier molecular flexibility index (Phi) is 2.51. The molecule has 0 amide bonds. The van der Waals surface area contributed by atoms with Crippen molar-refractivity contribution in [3.8, 4) is 0 Å². The highest BCUT2D eigenvalue weighted by Gasteiger charge is 2.30. The molecule has 1 aromatic rings. The van der Waals surface area contributed by atoms with Crippen LogP contribution in [0, 0.1) is 0 Å². The van der Waals surface area contributed by atoms with Crippen molar-refractivity contribution in [2.45, 2.75) is 56.9 Å². The fraction of sp³-hybridized carbons (Fsp3) is 0.600. The number of benzene rings is 1. The Balaban J connectivity index is 1.93. The highest BCUT2D eigenvalue weighted by Crippen LogP contribution is 2.36. The van der Waals surface area contributed by atoms with Gasteiger partial charge in [-0.3, -0.25) is 0 Å². The van der Waals surface area contributed by atoms with Gasteiger partial charge < -0.3 is 5.73 Å². The molecule has 2 aliphatic carbocycles. The number of fused-ring (bicyclic) bond motifs is 1. The van der Waals surface area contributed by atoms with E-state index in [1.54, 1.807) is 11.1 Å². The van der Waals surface area contributed by atoms with Crippen LogP contribution in [0.15, 0.2) is 18.2 Å². The van der Waals surface area contributed by atoms with Crippen LogP contribution in [0.5, 0.6) is 0 Å². The van der Waals surface area contributed by atoms with Crippen LogP contribution in [0.1, 0.15) is 55.2 Å². The van der Waals surface area contributed by atoms with Crippen LogP contribution < -0.4 is 5.73 Å². The molecule has 0 saturated heterocycles. The van der Waals surface area contributed by atoms with Gasteiger partial charge in [0.05, 0.1) is 0 Å². The van der Waals surface area contributed by atoms with Crippen molar-refractivity contribution in [2.75, 3.05) is 0 Å². The zero-order valence-corrected chi connectivity index (χ0v) is 9.97. The SMILES string of the molecule is NC1(c2ccc3c(c2)CCC3)CCCCC1. The van der Waals surface area contributed by atoms with Crippen LogP contribution in [-0.4, -0.2) is 0 Å². The summed E-state index contributed by atoms with van der Waals surface area (Å²) >= 11 is 0. The van der Waals surface area contributed by atoms with E-state index >= 15 is 0 Å². The Bertz CT molecular complexity index is 388. The molecule has 1 saturated carbocycles. The zero-order chi connectivity index (χ0) is 11.0. The number of nitrogens with two attached hydrogens (primary N) is 1. The number of aryl methyl sites for hydroxylation is 2. The lowest BCUT2D eigenvalue weighted by Crippen LogP contribution is -2.38. The number of rotatable bonds is 1. The maximum absolute atomic E-state index is 6.57. The second-order valence-electron chi connectivity index (χ2n) is 5.55. The second kappa shape index (κ2) is 3.89. The lowest BCUT2D eigenvalue weighted by molar-refractivity contribution is 0.302. The molecule has 0 radical (unpaired) electrons. The van der Waals surface area contributed by atoms with Crippen LogP contribution in [0.4, 0.5) is 0 Å². The third-order valence-corrected chi connectivity index (χ3v) is 4.42. The third kappa shape index (κ3) is 1.67. The first-order valence-electron chi connectivity index (χ1n) is 6.69. The summed E-state index contributed by atoms with van der Waals surface area (Å²) in [7, 11) is 0. The number of hydrogen-bond acceptors (Lipinski definition) is 1. The summed E-state index contributed by atoms with van der Waals surface area (Å²) < 4.78 is 0. The summed E-state index contributed by atoms with van der Waals surface area (Å²) in [6, 6.07) is 7.00. The van der Waals surface area contributed by atoms with E-state index in [1.807, 2.05) is 0 Å². The van der Waals surface area contributed by atoms with Gasteiger partial charge in [0.25, 0.3) is 0 Å². The van der Waals surface area contributed by atoms with Crippen molar-refractivity contribution in [3.05, 3.63) is 34.9 Å². The predicted molar refractivity (Wildman–Crippen MR) is 67.4 cm³/mol. The molecule has 0 atom stereocenters. The molecular weight excluding hydrogens is 194 g/mol. The van der Waals surface area contributed by atoms with Gasteiger partial charge in [-0.25, -0.2) is 0 Å². The Morgan fingerprint density at radius 1 is 0.875 bits per heavy atom. The van der Waals surface area contributed by atoms with E-state index in [4.69, 9.17) is 5.73 Å². The first-order valence-corrected chi connectivity index (χ1v) is 6.69. The zero-order valence-electron chi connectivity index (χ0n) is 9.97. The van der Waals surface area contributed by atoms with E-state index < -0.39 is 0 Å². The minimum absolute atomic E-state index is 0.0180. The summed E-state index contributed by atoms with van der Waals surface area (Å²) in [5.74, 6) is 0. The van der Waals surface area contributed by atoms with Gasteiger partial charge in [0, 0.05) is 5.54 Å². The summed E-state index contributed by atoms with van der Waals surface area (Å²) in [5.41, 5.74) is 11.1. The largest absolute Gasteiger partial charge is 0.321 e. The average Bonchev–Trinajstić information content (AvgIpc) is 2.77. The Morgan fingerprint density at radius 3 is 2.44 bits per heavy atom. The lowest BCUT2D eigenvalue weighted by Gasteiger charge is -2.34. The monoisotopic (exact) mass is 215 g/mol. The summed E-state index contributed by atoms with van der Waals surface area (Å²) in [4.78, 5) is 0.